The average Bonchev–Trinajstić information content (AvgIpc) is 2.75. The maximum Gasteiger partial charge on any atom is 0.251 e. The molecule has 0 saturated carbocycles. The average molecular weight is 333 g/mol. The van der Waals surface area contributed by atoms with E-state index in [9.17, 15) is 4.79 Å². The molecule has 1 aliphatic rings. The van der Waals surface area contributed by atoms with Crippen molar-refractivity contribution < 1.29 is 9.90 Å². The van der Waals surface area contributed by atoms with Crippen molar-refractivity contribution >= 4 is 33.2 Å². The van der Waals surface area contributed by atoms with Crippen LogP contribution in [0.25, 0.3) is 0 Å². The second-order valence-corrected chi connectivity index (χ2v) is 5.57. The van der Waals surface area contributed by atoms with Gasteiger partial charge < -0.3 is 15.7 Å². The molecule has 0 radical (unpaired) electrons. The molecule has 20 heavy (non-hydrogen) atoms. The SMILES string of the molecule is O=C1Nc2ccc(Br)cc2C1Nc1cccc(CO)c1. The number of carbonyl (C=O) groups is 1. The van der Waals surface area contributed by atoms with E-state index in [1.807, 2.05) is 42.5 Å². The highest BCUT2D eigenvalue weighted by atomic mass is 79.9. The van der Waals surface area contributed by atoms with Crippen molar-refractivity contribution in [2.24, 2.45) is 0 Å². The quantitative estimate of drug-likeness (QED) is 0.809. The Morgan fingerprint density at radius 2 is 2.10 bits per heavy atom. The number of rotatable bonds is 3. The number of nitrogens with one attached hydrogen (secondary N) is 2. The molecule has 0 spiro atoms. The van der Waals surface area contributed by atoms with Crippen molar-refractivity contribution in [3.8, 4) is 0 Å². The van der Waals surface area contributed by atoms with Gasteiger partial charge in [-0.15, -0.1) is 0 Å². The van der Waals surface area contributed by atoms with Crippen LogP contribution in [0.2, 0.25) is 0 Å². The first-order chi connectivity index (χ1) is 9.67. The Balaban J connectivity index is 1.91. The molecule has 3 N–H and O–H groups in total. The van der Waals surface area contributed by atoms with E-state index in [4.69, 9.17) is 5.11 Å². The Morgan fingerprint density at radius 3 is 2.90 bits per heavy atom. The lowest BCUT2D eigenvalue weighted by atomic mass is 10.1. The van der Waals surface area contributed by atoms with Gasteiger partial charge in [0.2, 0.25) is 0 Å². The molecule has 1 heterocycles. The van der Waals surface area contributed by atoms with Crippen molar-refractivity contribution in [1.29, 1.82) is 0 Å². The van der Waals surface area contributed by atoms with Gasteiger partial charge in [0.15, 0.2) is 0 Å². The number of hydrogen-bond acceptors (Lipinski definition) is 3. The van der Waals surface area contributed by atoms with Crippen LogP contribution in [0.3, 0.4) is 0 Å². The minimum absolute atomic E-state index is 0.0193. The number of hydrogen-bond donors (Lipinski definition) is 3. The largest absolute Gasteiger partial charge is 0.392 e. The molecule has 1 unspecified atom stereocenters. The fraction of sp³-hybridized carbons (Fsp3) is 0.133. The first-order valence-electron chi connectivity index (χ1n) is 6.24. The van der Waals surface area contributed by atoms with Gasteiger partial charge in [-0.05, 0) is 35.9 Å². The fourth-order valence-corrected chi connectivity index (χ4v) is 2.68. The van der Waals surface area contributed by atoms with Gasteiger partial charge in [-0.25, -0.2) is 0 Å². The molecule has 3 rings (SSSR count). The number of carbonyl (C=O) groups excluding carboxylic acids is 1. The Bertz CT molecular complexity index is 673. The highest BCUT2D eigenvalue weighted by Crippen LogP contribution is 2.35. The van der Waals surface area contributed by atoms with Gasteiger partial charge in [0.25, 0.3) is 5.91 Å². The summed E-state index contributed by atoms with van der Waals surface area (Å²) in [7, 11) is 0. The molecule has 0 fully saturated rings. The van der Waals surface area contributed by atoms with Crippen LogP contribution in [0.15, 0.2) is 46.9 Å². The third kappa shape index (κ3) is 2.42. The molecule has 1 amide bonds. The molecule has 102 valence electrons. The third-order valence-corrected chi connectivity index (χ3v) is 3.76. The lowest BCUT2D eigenvalue weighted by Crippen LogP contribution is -2.19. The maximum atomic E-state index is 12.1. The van der Waals surface area contributed by atoms with Crippen LogP contribution in [-0.2, 0) is 11.4 Å². The summed E-state index contributed by atoms with van der Waals surface area (Å²) in [4.78, 5) is 12.1. The minimum Gasteiger partial charge on any atom is -0.392 e. The summed E-state index contributed by atoms with van der Waals surface area (Å²) in [6.07, 6.45) is 0. The Morgan fingerprint density at radius 1 is 1.25 bits per heavy atom. The zero-order valence-corrected chi connectivity index (χ0v) is 12.1. The first kappa shape index (κ1) is 13.1. The van der Waals surface area contributed by atoms with E-state index in [1.54, 1.807) is 0 Å². The normalized spacial score (nSPS) is 16.7. The van der Waals surface area contributed by atoms with Crippen LogP contribution in [0.4, 0.5) is 11.4 Å². The number of aliphatic hydroxyl groups excluding tert-OH is 1. The van der Waals surface area contributed by atoms with Crippen LogP contribution in [0.5, 0.6) is 0 Å². The van der Waals surface area contributed by atoms with Crippen molar-refractivity contribution in [2.45, 2.75) is 12.6 Å². The molecular formula is C15H13BrN2O2. The molecule has 1 aliphatic heterocycles. The van der Waals surface area contributed by atoms with Gasteiger partial charge in [0, 0.05) is 21.4 Å². The number of aliphatic hydroxyl groups is 1. The van der Waals surface area contributed by atoms with E-state index >= 15 is 0 Å². The molecule has 2 aromatic carbocycles. The van der Waals surface area contributed by atoms with Gasteiger partial charge in [-0.2, -0.15) is 0 Å². The van der Waals surface area contributed by atoms with Crippen molar-refractivity contribution in [3.05, 3.63) is 58.1 Å². The summed E-state index contributed by atoms with van der Waals surface area (Å²) in [5.41, 5.74) is 3.36. The smallest absolute Gasteiger partial charge is 0.251 e. The van der Waals surface area contributed by atoms with Gasteiger partial charge in [-0.3, -0.25) is 4.79 Å². The second kappa shape index (κ2) is 5.26. The monoisotopic (exact) mass is 332 g/mol. The lowest BCUT2D eigenvalue weighted by Gasteiger charge is -2.14. The van der Waals surface area contributed by atoms with E-state index in [2.05, 4.69) is 26.6 Å². The molecule has 0 saturated heterocycles. The Hall–Kier alpha value is -1.85. The molecular weight excluding hydrogens is 320 g/mol. The Kier molecular flexibility index (Phi) is 3.46. The first-order valence-corrected chi connectivity index (χ1v) is 7.03. The highest BCUT2D eigenvalue weighted by molar-refractivity contribution is 9.10. The molecule has 0 aromatic heterocycles. The molecule has 2 aromatic rings. The lowest BCUT2D eigenvalue weighted by molar-refractivity contribution is -0.116. The fourth-order valence-electron chi connectivity index (χ4n) is 2.30. The van der Waals surface area contributed by atoms with Crippen molar-refractivity contribution in [1.82, 2.24) is 0 Å². The predicted octanol–water partition coefficient (Wildman–Crippen LogP) is 3.05. The number of amides is 1. The van der Waals surface area contributed by atoms with Gasteiger partial charge in [0.1, 0.15) is 6.04 Å². The van der Waals surface area contributed by atoms with E-state index in [0.29, 0.717) is 0 Å². The van der Waals surface area contributed by atoms with Crippen LogP contribution in [0.1, 0.15) is 17.2 Å². The van der Waals surface area contributed by atoms with E-state index in [-0.39, 0.29) is 12.5 Å². The zero-order valence-electron chi connectivity index (χ0n) is 10.6. The standard InChI is InChI=1S/C15H13BrN2O2/c16-10-4-5-13-12(7-10)14(15(20)18-13)17-11-3-1-2-9(6-11)8-19/h1-7,14,17,19H,8H2,(H,18,20). The van der Waals surface area contributed by atoms with Crippen LogP contribution >= 0.6 is 15.9 Å². The summed E-state index contributed by atoms with van der Waals surface area (Å²) in [5, 5.41) is 15.2. The minimum atomic E-state index is -0.420. The van der Waals surface area contributed by atoms with Crippen molar-refractivity contribution in [2.75, 3.05) is 10.6 Å². The number of benzene rings is 2. The van der Waals surface area contributed by atoms with E-state index in [0.717, 1.165) is 27.0 Å². The maximum absolute atomic E-state index is 12.1. The zero-order chi connectivity index (χ0) is 14.1. The summed E-state index contributed by atoms with van der Waals surface area (Å²) < 4.78 is 0.934. The van der Waals surface area contributed by atoms with E-state index in [1.165, 1.54) is 0 Å². The molecule has 0 aliphatic carbocycles. The second-order valence-electron chi connectivity index (χ2n) is 4.66. The highest BCUT2D eigenvalue weighted by Gasteiger charge is 2.30. The van der Waals surface area contributed by atoms with Gasteiger partial charge in [-0.1, -0.05) is 28.1 Å². The molecule has 4 nitrogen and oxygen atoms in total. The summed E-state index contributed by atoms with van der Waals surface area (Å²) in [6, 6.07) is 12.7. The number of anilines is 2. The van der Waals surface area contributed by atoms with Crippen LogP contribution in [0, 0.1) is 0 Å². The van der Waals surface area contributed by atoms with Crippen molar-refractivity contribution in [3.63, 3.8) is 0 Å². The van der Waals surface area contributed by atoms with Gasteiger partial charge in [0.05, 0.1) is 6.61 Å². The van der Waals surface area contributed by atoms with Gasteiger partial charge >= 0.3 is 0 Å². The van der Waals surface area contributed by atoms with E-state index < -0.39 is 6.04 Å². The third-order valence-electron chi connectivity index (χ3n) is 3.27. The Labute approximate surface area is 125 Å². The number of fused-ring (bicyclic) bond motifs is 1. The summed E-state index contributed by atoms with van der Waals surface area (Å²) in [6.45, 7) is -0.0193. The van der Waals surface area contributed by atoms with Crippen LogP contribution < -0.4 is 10.6 Å². The summed E-state index contributed by atoms with van der Waals surface area (Å²) in [5.74, 6) is -0.0764. The topological polar surface area (TPSA) is 61.4 Å². The molecule has 0 bridgehead atoms. The summed E-state index contributed by atoms with van der Waals surface area (Å²) >= 11 is 3.42. The predicted molar refractivity (Wildman–Crippen MR) is 81.5 cm³/mol. The molecule has 5 heteroatoms. The number of halogens is 1. The van der Waals surface area contributed by atoms with Crippen LogP contribution in [-0.4, -0.2) is 11.0 Å². The molecule has 1 atom stereocenters.